The molecular weight excluding hydrogens is 781 g/mol. The normalized spacial score (nSPS) is 13.6. The van der Waals surface area contributed by atoms with Crippen LogP contribution in [0.3, 0.4) is 0 Å². The topological polar surface area (TPSA) is 0 Å². The van der Waals surface area contributed by atoms with Gasteiger partial charge in [-0.1, -0.05) is 202 Å². The first-order valence-corrected chi connectivity index (χ1v) is 23.5. The monoisotopic (exact) mass is 822 g/mol. The van der Waals surface area contributed by atoms with E-state index in [0.717, 1.165) is 12.8 Å². The Bertz CT molecular complexity index is 4150. The molecule has 302 valence electrons. The van der Waals surface area contributed by atoms with Crippen LogP contribution in [0.25, 0.3) is 120 Å². The fraction of sp³-hybridized carbons (Fsp3) is 0.0769. The zero-order chi connectivity index (χ0) is 42.7. The molecule has 0 amide bonds. The molecule has 0 N–H and O–H groups in total. The third-order valence-electron chi connectivity index (χ3n) is 16.0. The van der Waals surface area contributed by atoms with Crippen molar-refractivity contribution >= 4 is 75.4 Å². The second-order valence-electron chi connectivity index (χ2n) is 18.7. The first kappa shape index (κ1) is 35.6. The van der Waals surface area contributed by atoms with Crippen molar-refractivity contribution in [1.82, 2.24) is 0 Å². The summed E-state index contributed by atoms with van der Waals surface area (Å²) in [5.74, 6) is 0. The van der Waals surface area contributed by atoms with Crippen LogP contribution in [-0.4, -0.2) is 0 Å². The molecule has 13 aromatic carbocycles. The van der Waals surface area contributed by atoms with Gasteiger partial charge in [-0.15, -0.1) is 0 Å². The van der Waals surface area contributed by atoms with E-state index in [-0.39, 0.29) is 0 Å². The Morgan fingerprint density at radius 2 is 0.723 bits per heavy atom. The van der Waals surface area contributed by atoms with Crippen molar-refractivity contribution in [3.05, 3.63) is 228 Å². The molecule has 0 saturated carbocycles. The van der Waals surface area contributed by atoms with Crippen molar-refractivity contribution in [1.29, 1.82) is 0 Å². The van der Waals surface area contributed by atoms with E-state index in [2.05, 4.69) is 208 Å². The highest BCUT2D eigenvalue weighted by Crippen LogP contribution is 2.65. The number of rotatable bonds is 4. The third-order valence-corrected chi connectivity index (χ3v) is 16.0. The van der Waals surface area contributed by atoms with Gasteiger partial charge >= 0.3 is 0 Å². The van der Waals surface area contributed by atoms with E-state index < -0.39 is 5.41 Å². The maximum Gasteiger partial charge on any atom is 0.0731 e. The van der Waals surface area contributed by atoms with Crippen LogP contribution in [0.1, 0.15) is 47.2 Å². The average Bonchev–Trinajstić information content (AvgIpc) is 3.84. The lowest BCUT2D eigenvalue weighted by Gasteiger charge is -2.32. The smallest absolute Gasteiger partial charge is 0.0619 e. The summed E-state index contributed by atoms with van der Waals surface area (Å²) in [6.07, 6.45) is 2.04. The van der Waals surface area contributed by atoms with E-state index >= 15 is 0 Å². The van der Waals surface area contributed by atoms with E-state index in [1.807, 2.05) is 0 Å². The molecule has 0 bridgehead atoms. The zero-order valence-electron chi connectivity index (χ0n) is 36.4. The summed E-state index contributed by atoms with van der Waals surface area (Å²) in [7, 11) is 0. The molecule has 1 spiro atoms. The van der Waals surface area contributed by atoms with Crippen LogP contribution in [0.4, 0.5) is 0 Å². The Kier molecular flexibility index (Phi) is 6.95. The minimum absolute atomic E-state index is 0.509. The summed E-state index contributed by atoms with van der Waals surface area (Å²) in [6, 6.07) is 75.3. The minimum Gasteiger partial charge on any atom is -0.0619 e. The number of aryl methyl sites for hydroxylation is 2. The van der Waals surface area contributed by atoms with Gasteiger partial charge in [-0.05, 0) is 172 Å². The molecule has 0 aromatic heterocycles. The van der Waals surface area contributed by atoms with Crippen molar-refractivity contribution in [3.63, 3.8) is 0 Å². The summed E-state index contributed by atoms with van der Waals surface area (Å²) in [5, 5.41) is 18.8. The molecule has 0 atom stereocenters. The molecule has 0 fully saturated rings. The number of hydrogen-bond acceptors (Lipinski definition) is 0. The van der Waals surface area contributed by atoms with Gasteiger partial charge in [0.1, 0.15) is 0 Å². The van der Waals surface area contributed by atoms with Gasteiger partial charge in [0.15, 0.2) is 0 Å². The van der Waals surface area contributed by atoms with Crippen molar-refractivity contribution < 1.29 is 0 Å². The quantitative estimate of drug-likeness (QED) is 0.155. The summed E-state index contributed by atoms with van der Waals surface area (Å²) >= 11 is 0. The van der Waals surface area contributed by atoms with Gasteiger partial charge in [-0.2, -0.15) is 0 Å². The van der Waals surface area contributed by atoms with E-state index in [9.17, 15) is 0 Å². The zero-order valence-corrected chi connectivity index (χ0v) is 36.4. The number of hydrogen-bond donors (Lipinski definition) is 0. The highest BCUT2D eigenvalue weighted by molar-refractivity contribution is 6.28. The van der Waals surface area contributed by atoms with Crippen LogP contribution in [0.15, 0.2) is 194 Å². The van der Waals surface area contributed by atoms with Gasteiger partial charge in [0, 0.05) is 0 Å². The Balaban J connectivity index is 1.02. The summed E-state index contributed by atoms with van der Waals surface area (Å²) in [5.41, 5.74) is 18.2. The van der Waals surface area contributed by atoms with Crippen LogP contribution in [0, 0.1) is 0 Å². The van der Waals surface area contributed by atoms with Crippen LogP contribution >= 0.6 is 0 Å². The summed E-state index contributed by atoms with van der Waals surface area (Å²) in [6.45, 7) is 4.54. The van der Waals surface area contributed by atoms with E-state index in [4.69, 9.17) is 0 Å². The predicted molar refractivity (Wildman–Crippen MR) is 277 cm³/mol. The second-order valence-corrected chi connectivity index (χ2v) is 18.7. The molecule has 2 aliphatic carbocycles. The molecule has 0 aliphatic heterocycles. The fourth-order valence-corrected chi connectivity index (χ4v) is 13.2. The molecule has 0 radical (unpaired) electrons. The van der Waals surface area contributed by atoms with E-state index in [1.54, 1.807) is 0 Å². The Labute approximate surface area is 377 Å². The van der Waals surface area contributed by atoms with Crippen molar-refractivity contribution in [3.8, 4) is 44.5 Å². The molecule has 15 rings (SSSR count). The van der Waals surface area contributed by atoms with Gasteiger partial charge in [0.2, 0.25) is 0 Å². The Morgan fingerprint density at radius 1 is 0.292 bits per heavy atom. The lowest BCUT2D eigenvalue weighted by molar-refractivity contribution is 0.801. The number of fused-ring (bicyclic) bond motifs is 12. The fourth-order valence-electron chi connectivity index (χ4n) is 13.2. The molecule has 2 aliphatic rings. The maximum absolute atomic E-state index is 2.57. The second kappa shape index (κ2) is 12.7. The van der Waals surface area contributed by atoms with Crippen LogP contribution in [-0.2, 0) is 18.3 Å². The highest BCUT2D eigenvalue weighted by Gasteiger charge is 2.52. The first-order chi connectivity index (χ1) is 32.1. The van der Waals surface area contributed by atoms with Gasteiger partial charge in [0.25, 0.3) is 0 Å². The van der Waals surface area contributed by atoms with Crippen molar-refractivity contribution in [2.45, 2.75) is 32.1 Å². The molecule has 13 aromatic rings. The third kappa shape index (κ3) is 4.38. The molecular formula is C65H42. The van der Waals surface area contributed by atoms with Crippen molar-refractivity contribution in [2.24, 2.45) is 0 Å². The largest absolute Gasteiger partial charge is 0.0731 e. The first-order valence-electron chi connectivity index (χ1n) is 23.5. The SMILES string of the molecule is CCc1ccc2ccc3c(-c4ccc5c(c4)C4(c6ccccc6-c6ccccc64)c4c-5ccc5c(-c6ccc7ccc8c(CC)ccc9ccc6c7c98)cccc45)ccc4ccc1c2c43. The highest BCUT2D eigenvalue weighted by atomic mass is 14.5. The van der Waals surface area contributed by atoms with Crippen LogP contribution in [0.2, 0.25) is 0 Å². The van der Waals surface area contributed by atoms with Gasteiger partial charge in [-0.3, -0.25) is 0 Å². The van der Waals surface area contributed by atoms with Gasteiger partial charge < -0.3 is 0 Å². The molecule has 0 heterocycles. The molecule has 65 heavy (non-hydrogen) atoms. The predicted octanol–water partition coefficient (Wildman–Crippen LogP) is 17.4. The average molecular weight is 823 g/mol. The molecule has 0 unspecified atom stereocenters. The number of benzene rings is 13. The lowest BCUT2D eigenvalue weighted by atomic mass is 9.69. The van der Waals surface area contributed by atoms with Crippen LogP contribution < -0.4 is 0 Å². The van der Waals surface area contributed by atoms with Gasteiger partial charge in [-0.25, -0.2) is 0 Å². The molecule has 0 saturated heterocycles. The Morgan fingerprint density at radius 3 is 1.34 bits per heavy atom. The molecule has 0 heteroatoms. The minimum atomic E-state index is -0.509. The molecule has 0 nitrogen and oxygen atoms in total. The van der Waals surface area contributed by atoms with E-state index in [0.29, 0.717) is 0 Å². The standard InChI is InChI=1S/C65H42/c1-3-37-16-18-39-24-32-53-44(27-20-41-21-28-45(37)60(39)62(41)53)43-26-31-52-56-35-34-49-47(48-30-23-42-22-29-46-38(4-2)17-19-40-25-33-54(48)63(42)61(40)46)12-9-13-55(49)64(56)65(59(52)36-43)57-14-7-5-10-50(57)51-11-6-8-15-58(51)65/h5-36H,3-4H2,1-2H3. The van der Waals surface area contributed by atoms with Crippen molar-refractivity contribution in [2.75, 3.05) is 0 Å². The van der Waals surface area contributed by atoms with Gasteiger partial charge in [0.05, 0.1) is 5.41 Å². The maximum atomic E-state index is 2.57. The lowest BCUT2D eigenvalue weighted by Crippen LogP contribution is -2.26. The Hall–Kier alpha value is -7.80. The summed E-state index contributed by atoms with van der Waals surface area (Å²) < 4.78 is 0. The summed E-state index contributed by atoms with van der Waals surface area (Å²) in [4.78, 5) is 0. The van der Waals surface area contributed by atoms with E-state index in [1.165, 1.54) is 153 Å². The van der Waals surface area contributed by atoms with Crippen LogP contribution in [0.5, 0.6) is 0 Å².